The topological polar surface area (TPSA) is 45.5 Å². The molecule has 0 unspecified atom stereocenters. The lowest BCUT2D eigenvalue weighted by atomic mass is 9.97. The van der Waals surface area contributed by atoms with Gasteiger partial charge in [0.2, 0.25) is 0 Å². The standard InChI is InChI=1S/C22H24N2O2S/c25-22(21-9-4-12-27-21)23-14-18-6-2-10-24(16-18)15-17-5-1-7-19(13-17)20-8-3-11-26-20/h1,3-5,7-9,11-13,18H,2,6,10,14-16H2,(H,23,25)/t18-/m0/s1. The minimum atomic E-state index is 0.0493. The molecule has 5 heteroatoms. The van der Waals surface area contributed by atoms with Crippen LogP contribution in [0, 0.1) is 5.92 Å². The van der Waals surface area contributed by atoms with E-state index in [1.807, 2.05) is 29.6 Å². The van der Waals surface area contributed by atoms with Crippen molar-refractivity contribution in [2.45, 2.75) is 19.4 Å². The van der Waals surface area contributed by atoms with E-state index in [-0.39, 0.29) is 5.91 Å². The first-order valence-electron chi connectivity index (χ1n) is 9.45. The van der Waals surface area contributed by atoms with Gasteiger partial charge in [-0.3, -0.25) is 9.69 Å². The number of carbonyl (C=O) groups is 1. The van der Waals surface area contributed by atoms with E-state index in [2.05, 4.69) is 34.5 Å². The fourth-order valence-corrected chi connectivity index (χ4v) is 4.36. The van der Waals surface area contributed by atoms with Gasteiger partial charge in [0.15, 0.2) is 0 Å². The van der Waals surface area contributed by atoms with Crippen LogP contribution in [0.3, 0.4) is 0 Å². The average Bonchev–Trinajstić information content (AvgIpc) is 3.40. The van der Waals surface area contributed by atoms with E-state index in [0.717, 1.165) is 42.4 Å². The number of furan rings is 1. The number of rotatable bonds is 6. The SMILES string of the molecule is O=C(NC[C@@H]1CCCN(Cc2cccc(-c3ccco3)c2)C1)c1cccs1. The van der Waals surface area contributed by atoms with E-state index < -0.39 is 0 Å². The summed E-state index contributed by atoms with van der Waals surface area (Å²) >= 11 is 1.49. The molecule has 140 valence electrons. The minimum Gasteiger partial charge on any atom is -0.464 e. The second-order valence-corrected chi connectivity index (χ2v) is 8.06. The Kier molecular flexibility index (Phi) is 5.70. The monoisotopic (exact) mass is 380 g/mol. The molecule has 2 aromatic heterocycles. The van der Waals surface area contributed by atoms with Crippen molar-refractivity contribution in [2.75, 3.05) is 19.6 Å². The first-order chi connectivity index (χ1) is 13.3. The summed E-state index contributed by atoms with van der Waals surface area (Å²) in [6, 6.07) is 16.3. The Bertz CT molecular complexity index is 858. The Morgan fingerprint density at radius 1 is 1.22 bits per heavy atom. The lowest BCUT2D eigenvalue weighted by molar-refractivity contribution is 0.0934. The molecule has 0 spiro atoms. The van der Waals surface area contributed by atoms with E-state index in [1.165, 1.54) is 29.7 Å². The highest BCUT2D eigenvalue weighted by molar-refractivity contribution is 7.12. The third-order valence-corrected chi connectivity index (χ3v) is 5.91. The molecule has 27 heavy (non-hydrogen) atoms. The summed E-state index contributed by atoms with van der Waals surface area (Å²) in [7, 11) is 0. The molecular formula is C22H24N2O2S. The maximum absolute atomic E-state index is 12.1. The second-order valence-electron chi connectivity index (χ2n) is 7.11. The summed E-state index contributed by atoms with van der Waals surface area (Å²) in [5.74, 6) is 1.47. The van der Waals surface area contributed by atoms with Crippen molar-refractivity contribution in [1.82, 2.24) is 10.2 Å². The zero-order valence-electron chi connectivity index (χ0n) is 15.3. The van der Waals surface area contributed by atoms with Crippen molar-refractivity contribution in [1.29, 1.82) is 0 Å². The maximum Gasteiger partial charge on any atom is 0.261 e. The predicted octanol–water partition coefficient (Wildman–Crippen LogP) is 4.65. The normalized spacial score (nSPS) is 17.7. The molecule has 1 fully saturated rings. The zero-order valence-corrected chi connectivity index (χ0v) is 16.1. The van der Waals surface area contributed by atoms with E-state index >= 15 is 0 Å². The van der Waals surface area contributed by atoms with Gasteiger partial charge in [0.05, 0.1) is 11.1 Å². The lowest BCUT2D eigenvalue weighted by Crippen LogP contribution is -2.40. The molecular weight excluding hydrogens is 356 g/mol. The smallest absolute Gasteiger partial charge is 0.261 e. The van der Waals surface area contributed by atoms with Crippen LogP contribution in [0.4, 0.5) is 0 Å². The van der Waals surface area contributed by atoms with Gasteiger partial charge in [-0.25, -0.2) is 0 Å². The van der Waals surface area contributed by atoms with Gasteiger partial charge in [-0.15, -0.1) is 11.3 Å². The van der Waals surface area contributed by atoms with E-state index in [1.54, 1.807) is 6.26 Å². The largest absolute Gasteiger partial charge is 0.464 e. The molecule has 3 heterocycles. The van der Waals surface area contributed by atoms with E-state index in [4.69, 9.17) is 4.42 Å². The molecule has 1 aromatic carbocycles. The molecule has 1 atom stereocenters. The number of likely N-dealkylation sites (tertiary alicyclic amines) is 1. The Morgan fingerprint density at radius 2 is 2.19 bits per heavy atom. The zero-order chi connectivity index (χ0) is 18.5. The number of piperidine rings is 1. The number of nitrogens with zero attached hydrogens (tertiary/aromatic N) is 1. The molecule has 1 amide bonds. The van der Waals surface area contributed by atoms with Crippen molar-refractivity contribution in [3.05, 3.63) is 70.6 Å². The summed E-state index contributed by atoms with van der Waals surface area (Å²) < 4.78 is 5.51. The fraction of sp³-hybridized carbons (Fsp3) is 0.318. The summed E-state index contributed by atoms with van der Waals surface area (Å²) in [4.78, 5) is 15.4. The number of carbonyl (C=O) groups excluding carboxylic acids is 1. The van der Waals surface area contributed by atoms with Gasteiger partial charge in [-0.05, 0) is 60.5 Å². The molecule has 4 rings (SSSR count). The molecule has 3 aromatic rings. The summed E-state index contributed by atoms with van der Waals surface area (Å²) in [6.07, 6.45) is 4.06. The van der Waals surface area contributed by atoms with Gasteiger partial charge in [-0.2, -0.15) is 0 Å². The van der Waals surface area contributed by atoms with Gasteiger partial charge < -0.3 is 9.73 Å². The molecule has 1 aliphatic rings. The van der Waals surface area contributed by atoms with Crippen molar-refractivity contribution >= 4 is 17.2 Å². The highest BCUT2D eigenvalue weighted by Gasteiger charge is 2.21. The third kappa shape index (κ3) is 4.67. The van der Waals surface area contributed by atoms with Crippen LogP contribution in [0.2, 0.25) is 0 Å². The maximum atomic E-state index is 12.1. The molecule has 4 nitrogen and oxygen atoms in total. The van der Waals surface area contributed by atoms with Crippen LogP contribution in [0.5, 0.6) is 0 Å². The number of benzene rings is 1. The van der Waals surface area contributed by atoms with E-state index in [0.29, 0.717) is 5.92 Å². The highest BCUT2D eigenvalue weighted by Crippen LogP contribution is 2.23. The van der Waals surface area contributed by atoms with Crippen LogP contribution in [0.15, 0.2) is 64.6 Å². The van der Waals surface area contributed by atoms with Crippen LogP contribution in [0.25, 0.3) is 11.3 Å². The lowest BCUT2D eigenvalue weighted by Gasteiger charge is -2.32. The van der Waals surface area contributed by atoms with E-state index in [9.17, 15) is 4.79 Å². The van der Waals surface area contributed by atoms with Crippen LogP contribution in [-0.2, 0) is 6.54 Å². The third-order valence-electron chi connectivity index (χ3n) is 5.04. The minimum absolute atomic E-state index is 0.0493. The van der Waals surface area contributed by atoms with Crippen LogP contribution in [0.1, 0.15) is 28.1 Å². The first kappa shape index (κ1) is 18.0. The van der Waals surface area contributed by atoms with Crippen LogP contribution < -0.4 is 5.32 Å². The Labute approximate surface area is 163 Å². The average molecular weight is 381 g/mol. The Morgan fingerprint density at radius 3 is 3.00 bits per heavy atom. The van der Waals surface area contributed by atoms with Crippen LogP contribution >= 0.6 is 11.3 Å². The van der Waals surface area contributed by atoms with Gasteiger partial charge in [-0.1, -0.05) is 24.3 Å². The highest BCUT2D eigenvalue weighted by atomic mass is 32.1. The quantitative estimate of drug-likeness (QED) is 0.677. The van der Waals surface area contributed by atoms with Crippen LogP contribution in [-0.4, -0.2) is 30.4 Å². The van der Waals surface area contributed by atoms with Gasteiger partial charge in [0, 0.05) is 25.2 Å². The van der Waals surface area contributed by atoms with Crippen molar-refractivity contribution in [3.63, 3.8) is 0 Å². The molecule has 0 aliphatic carbocycles. The molecule has 1 N–H and O–H groups in total. The number of nitrogens with one attached hydrogen (secondary N) is 1. The number of thiophene rings is 1. The summed E-state index contributed by atoms with van der Waals surface area (Å²) in [5.41, 5.74) is 2.42. The summed E-state index contributed by atoms with van der Waals surface area (Å²) in [6.45, 7) is 3.82. The Hall–Kier alpha value is -2.37. The molecule has 0 bridgehead atoms. The predicted molar refractivity (Wildman–Crippen MR) is 109 cm³/mol. The molecule has 1 saturated heterocycles. The van der Waals surface area contributed by atoms with Gasteiger partial charge in [0.1, 0.15) is 5.76 Å². The van der Waals surface area contributed by atoms with Gasteiger partial charge >= 0.3 is 0 Å². The molecule has 1 aliphatic heterocycles. The molecule has 0 saturated carbocycles. The Balaban J connectivity index is 1.32. The van der Waals surface area contributed by atoms with Crippen molar-refractivity contribution in [2.24, 2.45) is 5.92 Å². The fourth-order valence-electron chi connectivity index (χ4n) is 3.72. The number of amides is 1. The van der Waals surface area contributed by atoms with Gasteiger partial charge in [0.25, 0.3) is 5.91 Å². The first-order valence-corrected chi connectivity index (χ1v) is 10.3. The van der Waals surface area contributed by atoms with Crippen molar-refractivity contribution in [3.8, 4) is 11.3 Å². The molecule has 0 radical (unpaired) electrons. The summed E-state index contributed by atoms with van der Waals surface area (Å²) in [5, 5.41) is 5.04. The van der Waals surface area contributed by atoms with Crippen molar-refractivity contribution < 1.29 is 9.21 Å². The number of hydrogen-bond donors (Lipinski definition) is 1. The number of hydrogen-bond acceptors (Lipinski definition) is 4. The second kappa shape index (κ2) is 8.55.